The number of benzene rings is 1. The Kier molecular flexibility index (Phi) is 3.71. The lowest BCUT2D eigenvalue weighted by molar-refractivity contribution is -0.0599. The summed E-state index contributed by atoms with van der Waals surface area (Å²) in [6.45, 7) is 5.45. The normalized spacial score (nSPS) is 24.4. The minimum absolute atomic E-state index is 0.0695. The van der Waals surface area contributed by atoms with Gasteiger partial charge in [0.15, 0.2) is 0 Å². The zero-order valence-corrected chi connectivity index (χ0v) is 13.3. The SMILES string of the molecule is CC1(C)CC(NS(=O)(=O)c2ccc3c(c2)NCC3)CCO1. The molecule has 1 fully saturated rings. The minimum atomic E-state index is -3.48. The summed E-state index contributed by atoms with van der Waals surface area (Å²) in [7, 11) is -3.48. The summed E-state index contributed by atoms with van der Waals surface area (Å²) in [5.41, 5.74) is 1.84. The largest absolute Gasteiger partial charge is 0.384 e. The van der Waals surface area contributed by atoms with E-state index >= 15 is 0 Å². The van der Waals surface area contributed by atoms with Gasteiger partial charge in [0.2, 0.25) is 10.0 Å². The van der Waals surface area contributed by atoms with E-state index in [-0.39, 0.29) is 11.6 Å². The maximum atomic E-state index is 12.5. The number of hydrogen-bond donors (Lipinski definition) is 2. The Balaban J connectivity index is 1.78. The van der Waals surface area contributed by atoms with E-state index in [1.807, 2.05) is 19.9 Å². The molecule has 0 saturated carbocycles. The highest BCUT2D eigenvalue weighted by Gasteiger charge is 2.31. The molecule has 1 unspecified atom stereocenters. The fourth-order valence-electron chi connectivity index (χ4n) is 3.06. The Morgan fingerprint density at radius 2 is 2.19 bits per heavy atom. The molecular formula is C15H22N2O3S. The number of sulfonamides is 1. The van der Waals surface area contributed by atoms with Crippen LogP contribution in [-0.2, 0) is 21.2 Å². The van der Waals surface area contributed by atoms with Gasteiger partial charge in [-0.2, -0.15) is 0 Å². The van der Waals surface area contributed by atoms with Crippen molar-refractivity contribution in [3.63, 3.8) is 0 Å². The second-order valence-electron chi connectivity index (χ2n) is 6.41. The minimum Gasteiger partial charge on any atom is -0.384 e. The van der Waals surface area contributed by atoms with Gasteiger partial charge >= 0.3 is 0 Å². The third-order valence-electron chi connectivity index (χ3n) is 4.12. The zero-order valence-electron chi connectivity index (χ0n) is 12.5. The van der Waals surface area contributed by atoms with E-state index in [0.717, 1.165) is 18.7 Å². The van der Waals surface area contributed by atoms with Gasteiger partial charge < -0.3 is 10.1 Å². The predicted molar refractivity (Wildman–Crippen MR) is 82.0 cm³/mol. The molecule has 0 aliphatic carbocycles. The third kappa shape index (κ3) is 3.22. The molecule has 21 heavy (non-hydrogen) atoms. The zero-order chi connectivity index (χ0) is 15.1. The first-order chi connectivity index (χ1) is 9.86. The van der Waals surface area contributed by atoms with Gasteiger partial charge in [0.05, 0.1) is 10.5 Å². The van der Waals surface area contributed by atoms with Gasteiger partial charge in [0.1, 0.15) is 0 Å². The van der Waals surface area contributed by atoms with Crippen molar-refractivity contribution in [2.75, 3.05) is 18.5 Å². The monoisotopic (exact) mass is 310 g/mol. The van der Waals surface area contributed by atoms with Crippen LogP contribution in [0.1, 0.15) is 32.3 Å². The first-order valence-electron chi connectivity index (χ1n) is 7.39. The van der Waals surface area contributed by atoms with Crippen molar-refractivity contribution >= 4 is 15.7 Å². The molecule has 2 heterocycles. The Hall–Kier alpha value is -1.11. The van der Waals surface area contributed by atoms with E-state index in [0.29, 0.717) is 24.3 Å². The topological polar surface area (TPSA) is 67.4 Å². The number of ether oxygens (including phenoxy) is 1. The van der Waals surface area contributed by atoms with Crippen LogP contribution >= 0.6 is 0 Å². The quantitative estimate of drug-likeness (QED) is 0.894. The van der Waals surface area contributed by atoms with Crippen LogP contribution in [0.15, 0.2) is 23.1 Å². The molecule has 5 nitrogen and oxygen atoms in total. The van der Waals surface area contributed by atoms with Gasteiger partial charge in [0, 0.05) is 24.9 Å². The summed E-state index contributed by atoms with van der Waals surface area (Å²) >= 11 is 0. The molecule has 0 amide bonds. The van der Waals surface area contributed by atoms with Crippen LogP contribution in [-0.4, -0.2) is 33.2 Å². The molecule has 1 aromatic rings. The molecule has 1 atom stereocenters. The highest BCUT2D eigenvalue weighted by molar-refractivity contribution is 7.89. The second kappa shape index (κ2) is 5.26. The van der Waals surface area contributed by atoms with E-state index < -0.39 is 10.0 Å². The molecule has 0 spiro atoms. The van der Waals surface area contributed by atoms with Crippen molar-refractivity contribution in [3.05, 3.63) is 23.8 Å². The molecule has 2 aliphatic heterocycles. The highest BCUT2D eigenvalue weighted by Crippen LogP contribution is 2.27. The molecule has 0 bridgehead atoms. The average molecular weight is 310 g/mol. The summed E-state index contributed by atoms with van der Waals surface area (Å²) in [4.78, 5) is 0.333. The summed E-state index contributed by atoms with van der Waals surface area (Å²) in [5, 5.41) is 3.22. The van der Waals surface area contributed by atoms with Gasteiger partial charge in [-0.15, -0.1) is 0 Å². The lowest BCUT2D eigenvalue weighted by atomic mass is 9.95. The van der Waals surface area contributed by atoms with Crippen LogP contribution in [0.25, 0.3) is 0 Å². The van der Waals surface area contributed by atoms with Crippen LogP contribution in [0.3, 0.4) is 0 Å². The number of anilines is 1. The van der Waals surface area contributed by atoms with E-state index in [9.17, 15) is 8.42 Å². The molecule has 0 radical (unpaired) electrons. The van der Waals surface area contributed by atoms with E-state index in [2.05, 4.69) is 10.0 Å². The number of hydrogen-bond acceptors (Lipinski definition) is 4. The van der Waals surface area contributed by atoms with Crippen molar-refractivity contribution in [1.29, 1.82) is 0 Å². The second-order valence-corrected chi connectivity index (χ2v) is 8.13. The van der Waals surface area contributed by atoms with Gasteiger partial charge in [0.25, 0.3) is 0 Å². The Labute approximate surface area is 126 Å². The predicted octanol–water partition coefficient (Wildman–Crippen LogP) is 1.89. The molecular weight excluding hydrogens is 288 g/mol. The molecule has 6 heteroatoms. The summed E-state index contributed by atoms with van der Waals surface area (Å²) in [6, 6.07) is 5.26. The average Bonchev–Trinajstić information content (AvgIpc) is 2.83. The smallest absolute Gasteiger partial charge is 0.240 e. The molecule has 3 rings (SSSR count). The number of rotatable bonds is 3. The standard InChI is InChI=1S/C15H22N2O3S/c1-15(2)10-12(6-8-20-15)17-21(18,19)13-4-3-11-5-7-16-14(11)9-13/h3-4,9,12,16-17H,5-8,10H2,1-2H3. The van der Waals surface area contributed by atoms with Crippen LogP contribution in [0, 0.1) is 0 Å². The molecule has 1 aromatic carbocycles. The fraction of sp³-hybridized carbons (Fsp3) is 0.600. The van der Waals surface area contributed by atoms with Gasteiger partial charge in [-0.3, -0.25) is 0 Å². The molecule has 2 aliphatic rings. The Morgan fingerprint density at radius 1 is 1.38 bits per heavy atom. The highest BCUT2D eigenvalue weighted by atomic mass is 32.2. The lowest BCUT2D eigenvalue weighted by Crippen LogP contribution is -2.45. The van der Waals surface area contributed by atoms with Crippen molar-refractivity contribution in [1.82, 2.24) is 4.72 Å². The molecule has 2 N–H and O–H groups in total. The number of fused-ring (bicyclic) bond motifs is 1. The van der Waals surface area contributed by atoms with Crippen LogP contribution in [0.5, 0.6) is 0 Å². The first kappa shape index (κ1) is 14.8. The molecule has 0 aromatic heterocycles. The van der Waals surface area contributed by atoms with Gasteiger partial charge in [-0.25, -0.2) is 13.1 Å². The fourth-order valence-corrected chi connectivity index (χ4v) is 4.35. The van der Waals surface area contributed by atoms with Crippen LogP contribution < -0.4 is 10.0 Å². The first-order valence-corrected chi connectivity index (χ1v) is 8.87. The van der Waals surface area contributed by atoms with Crippen molar-refractivity contribution in [3.8, 4) is 0 Å². The van der Waals surface area contributed by atoms with Crippen LogP contribution in [0.4, 0.5) is 5.69 Å². The summed E-state index contributed by atoms with van der Waals surface area (Å²) < 4.78 is 33.5. The van der Waals surface area contributed by atoms with Crippen molar-refractivity contribution in [2.24, 2.45) is 0 Å². The van der Waals surface area contributed by atoms with Crippen molar-refractivity contribution in [2.45, 2.75) is 49.6 Å². The molecule has 116 valence electrons. The number of nitrogens with one attached hydrogen (secondary N) is 2. The van der Waals surface area contributed by atoms with E-state index in [1.54, 1.807) is 12.1 Å². The lowest BCUT2D eigenvalue weighted by Gasteiger charge is -2.35. The molecule has 1 saturated heterocycles. The third-order valence-corrected chi connectivity index (χ3v) is 5.64. The summed E-state index contributed by atoms with van der Waals surface area (Å²) in [5.74, 6) is 0. The summed E-state index contributed by atoms with van der Waals surface area (Å²) in [6.07, 6.45) is 2.36. The van der Waals surface area contributed by atoms with E-state index in [4.69, 9.17) is 4.74 Å². The van der Waals surface area contributed by atoms with Gasteiger partial charge in [-0.1, -0.05) is 6.07 Å². The Bertz CT molecular complexity index is 640. The Morgan fingerprint density at radius 3 is 2.95 bits per heavy atom. The maximum absolute atomic E-state index is 12.5. The van der Waals surface area contributed by atoms with Crippen molar-refractivity contribution < 1.29 is 13.2 Å². The van der Waals surface area contributed by atoms with Crippen LogP contribution in [0.2, 0.25) is 0 Å². The van der Waals surface area contributed by atoms with E-state index in [1.165, 1.54) is 5.56 Å². The van der Waals surface area contributed by atoms with Gasteiger partial charge in [-0.05, 0) is 50.8 Å². The maximum Gasteiger partial charge on any atom is 0.240 e.